The number of aryl methyl sites for hydroxylation is 1. The van der Waals surface area contributed by atoms with E-state index in [0.29, 0.717) is 35.7 Å². The van der Waals surface area contributed by atoms with Gasteiger partial charge >= 0.3 is 0 Å². The smallest absolute Gasteiger partial charge is 0.217 e. The number of amides is 1. The number of hydrogen-bond donors (Lipinski definition) is 2. The fourth-order valence-electron chi connectivity index (χ4n) is 4.04. The van der Waals surface area contributed by atoms with Gasteiger partial charge < -0.3 is 24.8 Å². The Balaban J connectivity index is 2.36. The fraction of sp³-hybridized carbons (Fsp3) is 0.391. The third kappa shape index (κ3) is 4.42. The molecule has 0 radical (unpaired) electrons. The van der Waals surface area contributed by atoms with Crippen LogP contribution in [0.25, 0.3) is 11.1 Å². The predicted molar refractivity (Wildman–Crippen MR) is 117 cm³/mol. The molecule has 1 amide bonds. The van der Waals surface area contributed by atoms with Crippen molar-refractivity contribution in [2.75, 3.05) is 39.9 Å². The molecule has 3 rings (SSSR count). The molecule has 1 unspecified atom stereocenters. The van der Waals surface area contributed by atoms with E-state index in [4.69, 9.17) is 14.2 Å². The van der Waals surface area contributed by atoms with Crippen LogP contribution >= 0.6 is 0 Å². The molecule has 0 spiro atoms. The molecule has 1 atom stereocenters. The van der Waals surface area contributed by atoms with Crippen LogP contribution in [-0.2, 0) is 11.2 Å². The molecule has 31 heavy (non-hydrogen) atoms. The highest BCUT2D eigenvalue weighted by atomic mass is 19.1. The van der Waals surface area contributed by atoms with Crippen LogP contribution in [0.15, 0.2) is 29.1 Å². The van der Waals surface area contributed by atoms with Gasteiger partial charge in [0.25, 0.3) is 0 Å². The number of benzene rings is 1. The average Bonchev–Trinajstić information content (AvgIpc) is 2.99. The topological polar surface area (TPSA) is 85.9 Å². The Morgan fingerprint density at radius 1 is 1.13 bits per heavy atom. The minimum atomic E-state index is -0.597. The van der Waals surface area contributed by atoms with Crippen LogP contribution < -0.4 is 30.3 Å². The lowest BCUT2D eigenvalue weighted by Gasteiger charge is -2.19. The van der Waals surface area contributed by atoms with Gasteiger partial charge in [-0.15, -0.1) is 0 Å². The van der Waals surface area contributed by atoms with Crippen LogP contribution in [0, 0.1) is 0 Å². The Kier molecular flexibility index (Phi) is 6.99. The second-order valence-electron chi connectivity index (χ2n) is 7.21. The van der Waals surface area contributed by atoms with Gasteiger partial charge in [0, 0.05) is 19.0 Å². The minimum absolute atomic E-state index is 0.0317. The maximum absolute atomic E-state index is 12.9. The molecule has 0 heterocycles. The Labute approximate surface area is 180 Å². The van der Waals surface area contributed by atoms with Crippen molar-refractivity contribution in [3.63, 3.8) is 0 Å². The lowest BCUT2D eigenvalue weighted by atomic mass is 9.95. The van der Waals surface area contributed by atoms with E-state index in [-0.39, 0.29) is 29.6 Å². The number of nitrogens with one attached hydrogen (secondary N) is 2. The molecule has 0 saturated heterocycles. The quantitative estimate of drug-likeness (QED) is 0.702. The second kappa shape index (κ2) is 9.68. The van der Waals surface area contributed by atoms with Crippen molar-refractivity contribution < 1.29 is 23.4 Å². The van der Waals surface area contributed by atoms with Crippen LogP contribution in [0.3, 0.4) is 0 Å². The van der Waals surface area contributed by atoms with E-state index in [0.717, 1.165) is 16.7 Å². The molecule has 2 aromatic carbocycles. The molecule has 7 nitrogen and oxygen atoms in total. The summed E-state index contributed by atoms with van der Waals surface area (Å²) in [6.07, 6.45) is 1.20. The summed E-state index contributed by atoms with van der Waals surface area (Å²) in [4.78, 5) is 24.8. The van der Waals surface area contributed by atoms with Gasteiger partial charge in [-0.3, -0.25) is 9.59 Å². The second-order valence-corrected chi connectivity index (χ2v) is 7.21. The zero-order valence-corrected chi connectivity index (χ0v) is 18.1. The number of alkyl halides is 1. The van der Waals surface area contributed by atoms with Crippen LogP contribution in [-0.4, -0.2) is 40.5 Å². The molecule has 1 aliphatic rings. The van der Waals surface area contributed by atoms with E-state index in [1.54, 1.807) is 26.4 Å². The number of anilines is 1. The first-order valence-corrected chi connectivity index (χ1v) is 10.0. The van der Waals surface area contributed by atoms with Gasteiger partial charge in [0.15, 0.2) is 11.5 Å². The number of fused-ring (bicyclic) bond motifs is 3. The molecule has 2 aromatic rings. The Morgan fingerprint density at radius 2 is 1.87 bits per heavy atom. The van der Waals surface area contributed by atoms with Crippen molar-refractivity contribution in [3.8, 4) is 28.4 Å². The van der Waals surface area contributed by atoms with Crippen LogP contribution in [0.1, 0.15) is 30.5 Å². The van der Waals surface area contributed by atoms with Gasteiger partial charge in [-0.1, -0.05) is 6.07 Å². The summed E-state index contributed by atoms with van der Waals surface area (Å²) in [5, 5.41) is 5.77. The zero-order chi connectivity index (χ0) is 22.5. The lowest BCUT2D eigenvalue weighted by molar-refractivity contribution is -0.119. The molecule has 166 valence electrons. The van der Waals surface area contributed by atoms with Crippen molar-refractivity contribution in [1.82, 2.24) is 5.32 Å². The van der Waals surface area contributed by atoms with Crippen LogP contribution in [0.2, 0.25) is 0 Å². The number of rotatable bonds is 7. The first-order chi connectivity index (χ1) is 14.9. The third-order valence-electron chi connectivity index (χ3n) is 5.33. The monoisotopic (exact) mass is 430 g/mol. The average molecular weight is 430 g/mol. The van der Waals surface area contributed by atoms with Crippen molar-refractivity contribution in [2.24, 2.45) is 0 Å². The molecule has 0 bridgehead atoms. The van der Waals surface area contributed by atoms with E-state index in [2.05, 4.69) is 10.6 Å². The molecule has 8 heteroatoms. The Hall–Kier alpha value is -3.29. The Morgan fingerprint density at radius 3 is 2.48 bits per heavy atom. The molecule has 2 N–H and O–H groups in total. The highest BCUT2D eigenvalue weighted by Crippen LogP contribution is 2.50. The van der Waals surface area contributed by atoms with Gasteiger partial charge in [0.1, 0.15) is 6.67 Å². The zero-order valence-electron chi connectivity index (χ0n) is 18.1. The van der Waals surface area contributed by atoms with E-state index < -0.39 is 6.67 Å². The number of carbonyl (C=O) groups is 1. The number of methoxy groups -OCH3 is 3. The summed E-state index contributed by atoms with van der Waals surface area (Å²) in [6.45, 7) is 0.879. The fourth-order valence-corrected chi connectivity index (χ4v) is 4.04. The molecule has 1 aliphatic carbocycles. The van der Waals surface area contributed by atoms with Crippen LogP contribution in [0.5, 0.6) is 17.2 Å². The van der Waals surface area contributed by atoms with Gasteiger partial charge in [0.05, 0.1) is 33.1 Å². The van der Waals surface area contributed by atoms with E-state index >= 15 is 0 Å². The van der Waals surface area contributed by atoms with Crippen molar-refractivity contribution in [3.05, 3.63) is 45.6 Å². The highest BCUT2D eigenvalue weighted by Gasteiger charge is 2.29. The summed E-state index contributed by atoms with van der Waals surface area (Å²) in [6, 6.07) is 6.44. The molecule has 0 aliphatic heterocycles. The number of hydrogen-bond acceptors (Lipinski definition) is 6. The van der Waals surface area contributed by atoms with Gasteiger partial charge in [-0.2, -0.15) is 0 Å². The van der Waals surface area contributed by atoms with Gasteiger partial charge in [-0.25, -0.2) is 4.39 Å². The minimum Gasteiger partial charge on any atom is -0.493 e. The maximum atomic E-state index is 12.9. The highest BCUT2D eigenvalue weighted by molar-refractivity contribution is 5.83. The number of ether oxygens (including phenoxy) is 3. The molecular weight excluding hydrogens is 403 g/mol. The first kappa shape index (κ1) is 22.4. The summed E-state index contributed by atoms with van der Waals surface area (Å²) >= 11 is 0. The Bertz CT molecular complexity index is 1040. The standard InChI is InChI=1S/C23H27FN2O5/c1-13(27)26-17-7-5-14-11-20(29-2)22(30-3)23(31-4)21(14)15-6-8-18(25-10-9-24)19(28)12-16(15)17/h6,8,11-12,17H,5,7,9-10H2,1-4H3,(H,25,28)(H,26,27). The SMILES string of the molecule is COc1cc2c(c(OC)c1OC)-c1ccc(NCCF)c(=O)cc1C(NC(C)=O)CC2. The van der Waals surface area contributed by atoms with Gasteiger partial charge in [-0.05, 0) is 47.7 Å². The lowest BCUT2D eigenvalue weighted by Crippen LogP contribution is -2.26. The molecular formula is C23H27FN2O5. The normalized spacial score (nSPS) is 14.5. The van der Waals surface area contributed by atoms with Crippen molar-refractivity contribution in [2.45, 2.75) is 25.8 Å². The first-order valence-electron chi connectivity index (χ1n) is 10.0. The molecule has 0 saturated carbocycles. The number of halogens is 1. The van der Waals surface area contributed by atoms with Gasteiger partial charge in [0.2, 0.25) is 17.1 Å². The van der Waals surface area contributed by atoms with Crippen molar-refractivity contribution in [1.29, 1.82) is 0 Å². The summed E-state index contributed by atoms with van der Waals surface area (Å²) in [5.41, 5.74) is 3.11. The van der Waals surface area contributed by atoms with E-state index in [1.807, 2.05) is 6.07 Å². The summed E-state index contributed by atoms with van der Waals surface area (Å²) < 4.78 is 29.4. The van der Waals surface area contributed by atoms with E-state index in [1.165, 1.54) is 20.1 Å². The molecule has 0 aromatic heterocycles. The largest absolute Gasteiger partial charge is 0.493 e. The predicted octanol–water partition coefficient (Wildman–Crippen LogP) is 3.24. The maximum Gasteiger partial charge on any atom is 0.217 e. The summed E-state index contributed by atoms with van der Waals surface area (Å²) in [7, 11) is 4.63. The van der Waals surface area contributed by atoms with Crippen molar-refractivity contribution >= 4 is 11.6 Å². The number of carbonyl (C=O) groups excluding carboxylic acids is 1. The van der Waals surface area contributed by atoms with Crippen LogP contribution in [0.4, 0.5) is 10.1 Å². The van der Waals surface area contributed by atoms with E-state index in [9.17, 15) is 14.0 Å². The molecule has 0 fully saturated rings. The summed E-state index contributed by atoms with van der Waals surface area (Å²) in [5.74, 6) is 1.27. The third-order valence-corrected chi connectivity index (χ3v) is 5.33.